The minimum atomic E-state index is -0.962. The molecule has 0 atom stereocenters. The lowest BCUT2D eigenvalue weighted by Crippen LogP contribution is -2.12. The van der Waals surface area contributed by atoms with Gasteiger partial charge in [0.15, 0.2) is 0 Å². The number of benzene rings is 1. The van der Waals surface area contributed by atoms with E-state index in [0.717, 1.165) is 16.8 Å². The van der Waals surface area contributed by atoms with Crippen LogP contribution in [0.2, 0.25) is 0 Å². The Balaban J connectivity index is 2.38. The Hall–Kier alpha value is -2.61. The summed E-state index contributed by atoms with van der Waals surface area (Å²) in [6.07, 6.45) is 0.640. The molecule has 20 heavy (non-hydrogen) atoms. The monoisotopic (exact) mass is 269 g/mol. The molecule has 0 aliphatic heterocycles. The van der Waals surface area contributed by atoms with Gasteiger partial charge in [-0.2, -0.15) is 10.4 Å². The fourth-order valence-corrected chi connectivity index (χ4v) is 2.25. The smallest absolute Gasteiger partial charge is 0.354 e. The minimum absolute atomic E-state index is 0.245. The zero-order valence-corrected chi connectivity index (χ0v) is 11.4. The molecule has 0 radical (unpaired) electrons. The lowest BCUT2D eigenvalue weighted by atomic mass is 10.1. The highest BCUT2D eigenvalue weighted by molar-refractivity contribution is 5.87. The zero-order chi connectivity index (χ0) is 14.7. The first kappa shape index (κ1) is 13.8. The van der Waals surface area contributed by atoms with Crippen LogP contribution in [0.4, 0.5) is 0 Å². The maximum Gasteiger partial charge on any atom is 0.354 e. The molecule has 0 unspecified atom stereocenters. The van der Waals surface area contributed by atoms with Crippen molar-refractivity contribution in [2.75, 3.05) is 0 Å². The number of nitrogens with zero attached hydrogens (tertiary/aromatic N) is 3. The molecule has 2 rings (SSSR count). The Bertz CT molecular complexity index is 678. The van der Waals surface area contributed by atoms with E-state index in [9.17, 15) is 9.90 Å². The second-order valence-electron chi connectivity index (χ2n) is 4.54. The summed E-state index contributed by atoms with van der Waals surface area (Å²) in [6, 6.07) is 9.11. The van der Waals surface area contributed by atoms with Crippen molar-refractivity contribution in [3.8, 4) is 6.07 Å². The van der Waals surface area contributed by atoms with Crippen LogP contribution < -0.4 is 0 Å². The Morgan fingerprint density at radius 2 is 2.05 bits per heavy atom. The second kappa shape index (κ2) is 5.57. The molecule has 0 aliphatic carbocycles. The molecular weight excluding hydrogens is 254 g/mol. The fraction of sp³-hybridized carbons (Fsp3) is 0.267. The number of carboxylic acid groups (broad SMARTS) is 1. The van der Waals surface area contributed by atoms with Gasteiger partial charge in [-0.25, -0.2) is 4.79 Å². The van der Waals surface area contributed by atoms with Crippen molar-refractivity contribution in [3.63, 3.8) is 0 Å². The number of aromatic nitrogens is 2. The van der Waals surface area contributed by atoms with Crippen molar-refractivity contribution in [1.29, 1.82) is 5.26 Å². The predicted octanol–water partition coefficient (Wildman–Crippen LogP) is 2.37. The van der Waals surface area contributed by atoms with Crippen LogP contribution >= 0.6 is 0 Å². The summed E-state index contributed by atoms with van der Waals surface area (Å²) in [6.45, 7) is 4.12. The minimum Gasteiger partial charge on any atom is -0.477 e. The molecule has 1 heterocycles. The first-order valence-electron chi connectivity index (χ1n) is 6.35. The molecule has 0 spiro atoms. The molecule has 0 aliphatic rings. The van der Waals surface area contributed by atoms with E-state index in [0.29, 0.717) is 18.5 Å². The van der Waals surface area contributed by atoms with Crippen molar-refractivity contribution < 1.29 is 9.90 Å². The van der Waals surface area contributed by atoms with E-state index in [1.165, 1.54) is 4.68 Å². The maximum absolute atomic E-state index is 11.4. The molecule has 5 heteroatoms. The van der Waals surface area contributed by atoms with Gasteiger partial charge in [0.25, 0.3) is 0 Å². The van der Waals surface area contributed by atoms with Gasteiger partial charge in [-0.3, -0.25) is 4.68 Å². The zero-order valence-electron chi connectivity index (χ0n) is 11.4. The van der Waals surface area contributed by atoms with Gasteiger partial charge in [-0.05, 0) is 31.0 Å². The molecule has 102 valence electrons. The van der Waals surface area contributed by atoms with Gasteiger partial charge in [0.05, 0.1) is 23.9 Å². The molecule has 0 fully saturated rings. The van der Waals surface area contributed by atoms with E-state index in [-0.39, 0.29) is 5.69 Å². The lowest BCUT2D eigenvalue weighted by molar-refractivity contribution is 0.0682. The van der Waals surface area contributed by atoms with E-state index in [1.54, 1.807) is 12.1 Å². The van der Waals surface area contributed by atoms with Crippen LogP contribution in [0, 0.1) is 18.3 Å². The van der Waals surface area contributed by atoms with Crippen molar-refractivity contribution in [3.05, 3.63) is 52.3 Å². The Morgan fingerprint density at radius 3 is 2.55 bits per heavy atom. The van der Waals surface area contributed by atoms with Crippen molar-refractivity contribution in [2.45, 2.75) is 26.8 Å². The summed E-state index contributed by atoms with van der Waals surface area (Å²) in [7, 11) is 0. The first-order valence-corrected chi connectivity index (χ1v) is 6.35. The Kier molecular flexibility index (Phi) is 3.85. The van der Waals surface area contributed by atoms with Crippen LogP contribution in [0.3, 0.4) is 0 Å². The lowest BCUT2D eigenvalue weighted by Gasteiger charge is -2.05. The SMILES string of the molecule is CCc1c(C)nn(Cc2ccc(C#N)cc2)c1C(=O)O. The van der Waals surface area contributed by atoms with E-state index < -0.39 is 5.97 Å². The van der Waals surface area contributed by atoms with Gasteiger partial charge < -0.3 is 5.11 Å². The second-order valence-corrected chi connectivity index (χ2v) is 4.54. The normalized spacial score (nSPS) is 10.2. The number of aromatic carboxylic acids is 1. The van der Waals surface area contributed by atoms with E-state index in [2.05, 4.69) is 11.2 Å². The Labute approximate surface area is 117 Å². The van der Waals surface area contributed by atoms with Crippen LogP contribution in [-0.4, -0.2) is 20.9 Å². The van der Waals surface area contributed by atoms with Gasteiger partial charge in [0.2, 0.25) is 0 Å². The number of carbonyl (C=O) groups is 1. The van der Waals surface area contributed by atoms with Crippen LogP contribution in [0.25, 0.3) is 0 Å². The third-order valence-electron chi connectivity index (χ3n) is 3.22. The number of aryl methyl sites for hydroxylation is 1. The number of hydrogen-bond acceptors (Lipinski definition) is 3. The molecule has 2 aromatic rings. The average Bonchev–Trinajstić information content (AvgIpc) is 2.75. The van der Waals surface area contributed by atoms with Gasteiger partial charge in [-0.1, -0.05) is 19.1 Å². The summed E-state index contributed by atoms with van der Waals surface area (Å²) < 4.78 is 1.51. The molecule has 5 nitrogen and oxygen atoms in total. The van der Waals surface area contributed by atoms with Crippen LogP contribution in [0.15, 0.2) is 24.3 Å². The van der Waals surface area contributed by atoms with Crippen molar-refractivity contribution >= 4 is 5.97 Å². The van der Waals surface area contributed by atoms with E-state index in [4.69, 9.17) is 5.26 Å². The van der Waals surface area contributed by atoms with E-state index >= 15 is 0 Å². The molecule has 0 saturated carbocycles. The highest BCUT2D eigenvalue weighted by atomic mass is 16.4. The summed E-state index contributed by atoms with van der Waals surface area (Å²) >= 11 is 0. The maximum atomic E-state index is 11.4. The van der Waals surface area contributed by atoms with Gasteiger partial charge in [0.1, 0.15) is 5.69 Å². The Morgan fingerprint density at radius 1 is 1.40 bits per heavy atom. The molecule has 0 saturated heterocycles. The topological polar surface area (TPSA) is 78.9 Å². The van der Waals surface area contributed by atoms with E-state index in [1.807, 2.05) is 26.0 Å². The summed E-state index contributed by atoms with van der Waals surface area (Å²) in [5, 5.41) is 22.4. The number of hydrogen-bond donors (Lipinski definition) is 1. The molecule has 1 aromatic heterocycles. The summed E-state index contributed by atoms with van der Waals surface area (Å²) in [5.41, 5.74) is 3.26. The van der Waals surface area contributed by atoms with Gasteiger partial charge >= 0.3 is 5.97 Å². The molecule has 0 amide bonds. The third kappa shape index (κ3) is 2.54. The highest BCUT2D eigenvalue weighted by Gasteiger charge is 2.19. The molecular formula is C15H15N3O2. The molecule has 0 bridgehead atoms. The molecule has 1 N–H and O–H groups in total. The third-order valence-corrected chi connectivity index (χ3v) is 3.22. The highest BCUT2D eigenvalue weighted by Crippen LogP contribution is 2.16. The number of rotatable bonds is 4. The predicted molar refractivity (Wildman–Crippen MR) is 73.6 cm³/mol. The number of nitriles is 1. The van der Waals surface area contributed by atoms with Crippen molar-refractivity contribution in [2.24, 2.45) is 0 Å². The quantitative estimate of drug-likeness (QED) is 0.924. The first-order chi connectivity index (χ1) is 9.56. The summed E-state index contributed by atoms with van der Waals surface area (Å²) in [4.78, 5) is 11.4. The van der Waals surface area contributed by atoms with Crippen molar-refractivity contribution in [1.82, 2.24) is 9.78 Å². The fourth-order valence-electron chi connectivity index (χ4n) is 2.25. The number of carboxylic acids is 1. The van der Waals surface area contributed by atoms with Crippen LogP contribution in [0.1, 0.15) is 39.8 Å². The standard InChI is InChI=1S/C15H15N3O2/c1-3-13-10(2)17-18(14(13)15(19)20)9-12-6-4-11(8-16)5-7-12/h4-7H,3,9H2,1-2H3,(H,19,20). The average molecular weight is 269 g/mol. The largest absolute Gasteiger partial charge is 0.477 e. The van der Waals surface area contributed by atoms with Gasteiger partial charge in [-0.15, -0.1) is 0 Å². The van der Waals surface area contributed by atoms with Crippen LogP contribution in [-0.2, 0) is 13.0 Å². The molecule has 1 aromatic carbocycles. The van der Waals surface area contributed by atoms with Gasteiger partial charge in [0, 0.05) is 5.56 Å². The summed E-state index contributed by atoms with van der Waals surface area (Å²) in [5.74, 6) is -0.962. The van der Waals surface area contributed by atoms with Crippen LogP contribution in [0.5, 0.6) is 0 Å².